The van der Waals surface area contributed by atoms with Crippen LogP contribution in [0.15, 0.2) is 36.8 Å². The molecule has 27 heavy (non-hydrogen) atoms. The van der Waals surface area contributed by atoms with Crippen LogP contribution in [0.3, 0.4) is 0 Å². The van der Waals surface area contributed by atoms with E-state index in [2.05, 4.69) is 47.3 Å². The first-order valence-electron chi connectivity index (χ1n) is 10.3. The van der Waals surface area contributed by atoms with Gasteiger partial charge < -0.3 is 14.0 Å². The lowest BCUT2D eigenvalue weighted by Crippen LogP contribution is -2.57. The second-order valence-corrected chi connectivity index (χ2v) is 8.56. The van der Waals surface area contributed by atoms with Crippen molar-refractivity contribution in [3.05, 3.63) is 48.0 Å². The number of hydrogen-bond acceptors (Lipinski definition) is 4. The molecule has 5 nitrogen and oxygen atoms in total. The molecule has 0 saturated carbocycles. The lowest BCUT2D eigenvalue weighted by molar-refractivity contribution is -0.170. The summed E-state index contributed by atoms with van der Waals surface area (Å²) in [4.78, 5) is 7.00. The number of para-hydroxylation sites is 1. The van der Waals surface area contributed by atoms with Gasteiger partial charge in [-0.2, -0.15) is 0 Å². The lowest BCUT2D eigenvalue weighted by Gasteiger charge is -2.54. The quantitative estimate of drug-likeness (QED) is 0.811. The maximum absolute atomic E-state index is 6.74. The van der Waals surface area contributed by atoms with Gasteiger partial charge in [-0.05, 0) is 25.8 Å². The molecular formula is C22H29N3O2. The molecule has 0 radical (unpaired) electrons. The number of piperidine rings is 1. The number of aromatic nitrogens is 2. The van der Waals surface area contributed by atoms with Gasteiger partial charge in [-0.3, -0.25) is 4.90 Å². The van der Waals surface area contributed by atoms with Crippen LogP contribution in [0.25, 0.3) is 0 Å². The SMILES string of the molecule is C[C@H]1CC[C@@H]2[C@@H](O1)c1ccccc1OC21CCN(Cc2cn(C)cn2)CC1. The van der Waals surface area contributed by atoms with Crippen LogP contribution in [0.4, 0.5) is 0 Å². The van der Waals surface area contributed by atoms with Crippen LogP contribution in [0.1, 0.15) is 50.0 Å². The summed E-state index contributed by atoms with van der Waals surface area (Å²) in [5.74, 6) is 1.49. The van der Waals surface area contributed by atoms with E-state index < -0.39 is 0 Å². The Morgan fingerprint density at radius 3 is 2.78 bits per heavy atom. The zero-order chi connectivity index (χ0) is 18.4. The molecule has 0 bridgehead atoms. The van der Waals surface area contributed by atoms with Gasteiger partial charge in [0.2, 0.25) is 0 Å². The Morgan fingerprint density at radius 2 is 2.00 bits per heavy atom. The summed E-state index contributed by atoms with van der Waals surface area (Å²) in [5.41, 5.74) is 2.31. The molecule has 3 aliphatic heterocycles. The number of nitrogens with zero attached hydrogens (tertiary/aromatic N) is 3. The van der Waals surface area contributed by atoms with Crippen molar-refractivity contribution in [2.75, 3.05) is 13.1 Å². The average molecular weight is 367 g/mol. The van der Waals surface area contributed by atoms with Gasteiger partial charge in [-0.25, -0.2) is 4.98 Å². The number of imidazole rings is 1. The molecule has 2 saturated heterocycles. The molecule has 0 aliphatic carbocycles. The van der Waals surface area contributed by atoms with Gasteiger partial charge in [-0.15, -0.1) is 0 Å². The van der Waals surface area contributed by atoms with Gasteiger partial charge in [0.25, 0.3) is 0 Å². The molecule has 4 heterocycles. The van der Waals surface area contributed by atoms with Crippen molar-refractivity contribution in [1.82, 2.24) is 14.5 Å². The highest BCUT2D eigenvalue weighted by Crippen LogP contribution is 2.53. The molecule has 5 rings (SSSR count). The number of fused-ring (bicyclic) bond motifs is 4. The van der Waals surface area contributed by atoms with E-state index in [-0.39, 0.29) is 11.7 Å². The molecule has 3 aliphatic rings. The maximum atomic E-state index is 6.74. The summed E-state index contributed by atoms with van der Waals surface area (Å²) in [6, 6.07) is 8.50. The number of likely N-dealkylation sites (tertiary alicyclic amines) is 1. The minimum atomic E-state index is -0.0836. The van der Waals surface area contributed by atoms with Gasteiger partial charge in [0.1, 0.15) is 11.4 Å². The van der Waals surface area contributed by atoms with Crippen LogP contribution in [-0.2, 0) is 18.3 Å². The molecule has 0 N–H and O–H groups in total. The number of ether oxygens (including phenoxy) is 2. The van der Waals surface area contributed by atoms with Crippen LogP contribution >= 0.6 is 0 Å². The molecule has 0 amide bonds. The highest BCUT2D eigenvalue weighted by atomic mass is 16.5. The van der Waals surface area contributed by atoms with Crippen LogP contribution in [0.2, 0.25) is 0 Å². The van der Waals surface area contributed by atoms with E-state index in [4.69, 9.17) is 9.47 Å². The third-order valence-electron chi connectivity index (χ3n) is 6.69. The summed E-state index contributed by atoms with van der Waals surface area (Å²) in [7, 11) is 2.03. The largest absolute Gasteiger partial charge is 0.486 e. The predicted molar refractivity (Wildman–Crippen MR) is 104 cm³/mol. The van der Waals surface area contributed by atoms with Gasteiger partial charge >= 0.3 is 0 Å². The molecule has 2 fully saturated rings. The van der Waals surface area contributed by atoms with Gasteiger partial charge in [0.15, 0.2) is 0 Å². The molecule has 1 aromatic heterocycles. The number of benzene rings is 1. The van der Waals surface area contributed by atoms with Crippen molar-refractivity contribution in [2.24, 2.45) is 13.0 Å². The fourth-order valence-electron chi connectivity index (χ4n) is 5.25. The number of aryl methyl sites for hydroxylation is 1. The van der Waals surface area contributed by atoms with Crippen molar-refractivity contribution in [3.8, 4) is 5.75 Å². The summed E-state index contributed by atoms with van der Waals surface area (Å²) in [6.45, 7) is 5.24. The van der Waals surface area contributed by atoms with Crippen molar-refractivity contribution in [3.63, 3.8) is 0 Å². The zero-order valence-electron chi connectivity index (χ0n) is 16.3. The first-order valence-corrected chi connectivity index (χ1v) is 10.3. The van der Waals surface area contributed by atoms with Gasteiger partial charge in [0, 0.05) is 57.2 Å². The van der Waals surface area contributed by atoms with Crippen LogP contribution < -0.4 is 4.74 Å². The first kappa shape index (κ1) is 17.3. The van der Waals surface area contributed by atoms with E-state index in [1.807, 2.05) is 17.9 Å². The highest BCUT2D eigenvalue weighted by Gasteiger charge is 2.53. The van der Waals surface area contributed by atoms with E-state index >= 15 is 0 Å². The Balaban J connectivity index is 1.36. The highest BCUT2D eigenvalue weighted by molar-refractivity contribution is 5.39. The van der Waals surface area contributed by atoms with E-state index in [1.165, 1.54) is 12.0 Å². The second-order valence-electron chi connectivity index (χ2n) is 8.56. The number of hydrogen-bond donors (Lipinski definition) is 0. The van der Waals surface area contributed by atoms with E-state index in [9.17, 15) is 0 Å². The zero-order valence-corrected chi connectivity index (χ0v) is 16.3. The molecule has 2 aromatic rings. The molecule has 144 valence electrons. The molecule has 1 spiro atoms. The summed E-state index contributed by atoms with van der Waals surface area (Å²) >= 11 is 0. The first-order chi connectivity index (χ1) is 13.1. The predicted octanol–water partition coefficient (Wildman–Crippen LogP) is 3.70. The second kappa shape index (κ2) is 6.64. The normalized spacial score (nSPS) is 29.8. The monoisotopic (exact) mass is 367 g/mol. The van der Waals surface area contributed by atoms with Crippen LogP contribution in [0, 0.1) is 5.92 Å². The van der Waals surface area contributed by atoms with Crippen molar-refractivity contribution in [1.29, 1.82) is 0 Å². The van der Waals surface area contributed by atoms with Crippen LogP contribution in [0.5, 0.6) is 5.75 Å². The number of rotatable bonds is 2. The summed E-state index contributed by atoms with van der Waals surface area (Å²) < 4.78 is 15.2. The standard InChI is InChI=1S/C22H29N3O2/c1-16-7-8-19-21(26-16)18-5-3-4-6-20(18)27-22(19)9-11-25(12-10-22)14-17-13-24(2)15-23-17/h3-6,13,15-16,19,21H,7-12,14H2,1-2H3/t16-,19+,21-/m0/s1. The van der Waals surface area contributed by atoms with Crippen molar-refractivity contribution < 1.29 is 9.47 Å². The third-order valence-corrected chi connectivity index (χ3v) is 6.69. The van der Waals surface area contributed by atoms with E-state index in [0.29, 0.717) is 12.0 Å². The smallest absolute Gasteiger partial charge is 0.125 e. The summed E-state index contributed by atoms with van der Waals surface area (Å²) in [6.07, 6.45) is 8.96. The average Bonchev–Trinajstić information content (AvgIpc) is 3.08. The van der Waals surface area contributed by atoms with Gasteiger partial charge in [0.05, 0.1) is 24.2 Å². The third kappa shape index (κ3) is 3.07. The van der Waals surface area contributed by atoms with Gasteiger partial charge in [-0.1, -0.05) is 18.2 Å². The minimum absolute atomic E-state index is 0.0836. The maximum Gasteiger partial charge on any atom is 0.125 e. The Labute approximate surface area is 161 Å². The minimum Gasteiger partial charge on any atom is -0.486 e. The van der Waals surface area contributed by atoms with E-state index in [0.717, 1.165) is 50.3 Å². The topological polar surface area (TPSA) is 39.5 Å². The van der Waals surface area contributed by atoms with Crippen molar-refractivity contribution in [2.45, 2.75) is 57.0 Å². The molecule has 3 atom stereocenters. The summed E-state index contributed by atoms with van der Waals surface area (Å²) in [5, 5.41) is 0. The van der Waals surface area contributed by atoms with E-state index in [1.54, 1.807) is 0 Å². The van der Waals surface area contributed by atoms with Crippen molar-refractivity contribution >= 4 is 0 Å². The Morgan fingerprint density at radius 1 is 1.19 bits per heavy atom. The Kier molecular flexibility index (Phi) is 4.25. The lowest BCUT2D eigenvalue weighted by atomic mass is 9.69. The fraction of sp³-hybridized carbons (Fsp3) is 0.591. The molecular weight excluding hydrogens is 338 g/mol. The molecule has 0 unspecified atom stereocenters. The fourth-order valence-corrected chi connectivity index (χ4v) is 5.25. The molecule has 1 aromatic carbocycles. The Hall–Kier alpha value is -1.85. The van der Waals surface area contributed by atoms with Crippen LogP contribution in [-0.4, -0.2) is 39.2 Å². The molecule has 5 heteroatoms. The Bertz CT molecular complexity index is 809.